The van der Waals surface area contributed by atoms with Crippen molar-refractivity contribution < 1.29 is 5.11 Å². The van der Waals surface area contributed by atoms with Gasteiger partial charge in [-0.25, -0.2) is 0 Å². The van der Waals surface area contributed by atoms with Crippen LogP contribution in [-0.4, -0.2) is 17.7 Å². The molecule has 2 nitrogen and oxygen atoms in total. The van der Waals surface area contributed by atoms with Crippen molar-refractivity contribution in [3.63, 3.8) is 0 Å². The molecule has 2 heterocycles. The van der Waals surface area contributed by atoms with Gasteiger partial charge in [-0.3, -0.25) is 0 Å². The SMILES string of the molecule is C[C@H](Cc1ccsc1)NC[C@@](C)(O)c1cccs1. The maximum absolute atomic E-state index is 10.4. The van der Waals surface area contributed by atoms with Gasteiger partial charge in [-0.2, -0.15) is 11.3 Å². The van der Waals surface area contributed by atoms with Crippen LogP contribution in [0.25, 0.3) is 0 Å². The van der Waals surface area contributed by atoms with E-state index in [2.05, 4.69) is 29.1 Å². The fourth-order valence-corrected chi connectivity index (χ4v) is 3.35. The molecule has 0 bridgehead atoms. The lowest BCUT2D eigenvalue weighted by Crippen LogP contribution is -2.40. The minimum Gasteiger partial charge on any atom is -0.383 e. The molecule has 0 saturated carbocycles. The van der Waals surface area contributed by atoms with Gasteiger partial charge in [0.1, 0.15) is 5.60 Å². The molecule has 2 aromatic heterocycles. The Morgan fingerprint density at radius 3 is 2.83 bits per heavy atom. The van der Waals surface area contributed by atoms with Gasteiger partial charge in [0.2, 0.25) is 0 Å². The maximum atomic E-state index is 10.4. The first-order valence-corrected chi connectivity index (χ1v) is 7.91. The first kappa shape index (κ1) is 13.7. The Bertz CT molecular complexity index is 448. The smallest absolute Gasteiger partial charge is 0.108 e. The summed E-state index contributed by atoms with van der Waals surface area (Å²) in [6.07, 6.45) is 1.00. The summed E-state index contributed by atoms with van der Waals surface area (Å²) in [5.74, 6) is 0. The molecule has 0 aliphatic rings. The van der Waals surface area contributed by atoms with E-state index in [0.29, 0.717) is 12.6 Å². The molecule has 0 aliphatic carbocycles. The Balaban J connectivity index is 1.84. The third-order valence-corrected chi connectivity index (χ3v) is 4.82. The van der Waals surface area contributed by atoms with Gasteiger partial charge in [0.05, 0.1) is 0 Å². The summed E-state index contributed by atoms with van der Waals surface area (Å²) in [6, 6.07) is 6.48. The molecule has 0 fully saturated rings. The second kappa shape index (κ2) is 5.97. The van der Waals surface area contributed by atoms with Crippen molar-refractivity contribution in [2.75, 3.05) is 6.54 Å². The lowest BCUT2D eigenvalue weighted by atomic mass is 10.0. The van der Waals surface area contributed by atoms with Gasteiger partial charge in [-0.05, 0) is 54.1 Å². The summed E-state index contributed by atoms with van der Waals surface area (Å²) < 4.78 is 0. The van der Waals surface area contributed by atoms with E-state index in [1.807, 2.05) is 24.4 Å². The molecule has 2 atom stereocenters. The van der Waals surface area contributed by atoms with E-state index < -0.39 is 5.60 Å². The lowest BCUT2D eigenvalue weighted by Gasteiger charge is -2.25. The minimum atomic E-state index is -0.781. The summed E-state index contributed by atoms with van der Waals surface area (Å²) in [5, 5.41) is 20.1. The monoisotopic (exact) mass is 281 g/mol. The number of thiophene rings is 2. The first-order chi connectivity index (χ1) is 8.58. The quantitative estimate of drug-likeness (QED) is 0.852. The summed E-state index contributed by atoms with van der Waals surface area (Å²) in [7, 11) is 0. The predicted octanol–water partition coefficient (Wildman–Crippen LogP) is 3.24. The Kier molecular flexibility index (Phi) is 4.56. The van der Waals surface area contributed by atoms with Gasteiger partial charge >= 0.3 is 0 Å². The molecule has 2 N–H and O–H groups in total. The molecule has 18 heavy (non-hydrogen) atoms. The summed E-state index contributed by atoms with van der Waals surface area (Å²) in [5.41, 5.74) is 0.577. The van der Waals surface area contributed by atoms with Crippen LogP contribution >= 0.6 is 22.7 Å². The highest BCUT2D eigenvalue weighted by atomic mass is 32.1. The van der Waals surface area contributed by atoms with Crippen LogP contribution in [0.2, 0.25) is 0 Å². The molecule has 0 spiro atoms. The third-order valence-electron chi connectivity index (χ3n) is 2.97. The number of hydrogen-bond donors (Lipinski definition) is 2. The highest BCUT2D eigenvalue weighted by Gasteiger charge is 2.24. The van der Waals surface area contributed by atoms with Gasteiger partial charge < -0.3 is 10.4 Å². The first-order valence-electron chi connectivity index (χ1n) is 6.09. The van der Waals surface area contributed by atoms with Crippen LogP contribution in [-0.2, 0) is 12.0 Å². The van der Waals surface area contributed by atoms with Crippen molar-refractivity contribution in [3.05, 3.63) is 44.8 Å². The zero-order chi connectivity index (χ0) is 13.0. The topological polar surface area (TPSA) is 32.3 Å². The average molecular weight is 281 g/mol. The molecule has 0 amide bonds. The number of nitrogens with one attached hydrogen (secondary N) is 1. The number of aliphatic hydroxyl groups is 1. The van der Waals surface area contributed by atoms with E-state index in [-0.39, 0.29) is 0 Å². The Hall–Kier alpha value is -0.680. The number of rotatable bonds is 6. The van der Waals surface area contributed by atoms with Crippen LogP contribution in [0.3, 0.4) is 0 Å². The molecule has 4 heteroatoms. The van der Waals surface area contributed by atoms with Crippen LogP contribution in [0.15, 0.2) is 34.3 Å². The zero-order valence-corrected chi connectivity index (χ0v) is 12.4. The standard InChI is InChI=1S/C14H19NOS2/c1-11(8-12-5-7-17-9-12)15-10-14(2,16)13-4-3-6-18-13/h3-7,9,11,15-16H,8,10H2,1-2H3/t11-,14-/m1/s1. The normalized spacial score (nSPS) is 16.4. The van der Waals surface area contributed by atoms with Gasteiger partial charge in [-0.15, -0.1) is 11.3 Å². The molecule has 2 aromatic rings. The number of hydrogen-bond acceptors (Lipinski definition) is 4. The molecular formula is C14H19NOS2. The lowest BCUT2D eigenvalue weighted by molar-refractivity contribution is 0.0581. The fourth-order valence-electron chi connectivity index (χ4n) is 1.88. The van der Waals surface area contributed by atoms with Gasteiger partial charge in [0.25, 0.3) is 0 Å². The molecule has 0 unspecified atom stereocenters. The van der Waals surface area contributed by atoms with Crippen molar-refractivity contribution in [2.45, 2.75) is 31.9 Å². The molecule has 0 radical (unpaired) electrons. The van der Waals surface area contributed by atoms with Crippen molar-refractivity contribution in [3.8, 4) is 0 Å². The van der Waals surface area contributed by atoms with Crippen molar-refractivity contribution in [1.29, 1.82) is 0 Å². The zero-order valence-electron chi connectivity index (χ0n) is 10.7. The van der Waals surface area contributed by atoms with Crippen LogP contribution in [0.5, 0.6) is 0 Å². The molecule has 2 rings (SSSR count). The molecule has 0 saturated heterocycles. The van der Waals surface area contributed by atoms with E-state index in [4.69, 9.17) is 0 Å². The van der Waals surface area contributed by atoms with E-state index in [1.54, 1.807) is 22.7 Å². The Morgan fingerprint density at radius 1 is 1.39 bits per heavy atom. The van der Waals surface area contributed by atoms with E-state index in [0.717, 1.165) is 11.3 Å². The predicted molar refractivity (Wildman–Crippen MR) is 79.4 cm³/mol. The van der Waals surface area contributed by atoms with Crippen LogP contribution in [0.4, 0.5) is 0 Å². The fraction of sp³-hybridized carbons (Fsp3) is 0.429. The van der Waals surface area contributed by atoms with Crippen molar-refractivity contribution in [1.82, 2.24) is 5.32 Å². The molecule has 0 aliphatic heterocycles. The highest BCUT2D eigenvalue weighted by molar-refractivity contribution is 7.10. The van der Waals surface area contributed by atoms with Crippen molar-refractivity contribution >= 4 is 22.7 Å². The van der Waals surface area contributed by atoms with Gasteiger partial charge in [0.15, 0.2) is 0 Å². The third kappa shape index (κ3) is 3.65. The van der Waals surface area contributed by atoms with E-state index in [1.165, 1.54) is 5.56 Å². The van der Waals surface area contributed by atoms with Crippen LogP contribution in [0, 0.1) is 0 Å². The Labute approximate surface area is 116 Å². The molecule has 98 valence electrons. The summed E-state index contributed by atoms with van der Waals surface area (Å²) >= 11 is 3.33. The van der Waals surface area contributed by atoms with E-state index >= 15 is 0 Å². The summed E-state index contributed by atoms with van der Waals surface area (Å²) in [4.78, 5) is 1.01. The second-order valence-corrected chi connectivity index (χ2v) is 6.60. The molecular weight excluding hydrogens is 262 g/mol. The second-order valence-electron chi connectivity index (χ2n) is 4.87. The largest absolute Gasteiger partial charge is 0.383 e. The summed E-state index contributed by atoms with van der Waals surface area (Å²) in [6.45, 7) is 4.60. The van der Waals surface area contributed by atoms with E-state index in [9.17, 15) is 5.11 Å². The van der Waals surface area contributed by atoms with Crippen molar-refractivity contribution in [2.24, 2.45) is 0 Å². The minimum absolute atomic E-state index is 0.367. The van der Waals surface area contributed by atoms with Gasteiger partial charge in [0, 0.05) is 17.5 Å². The van der Waals surface area contributed by atoms with Gasteiger partial charge in [-0.1, -0.05) is 6.07 Å². The maximum Gasteiger partial charge on any atom is 0.108 e. The van der Waals surface area contributed by atoms with Crippen LogP contribution in [0.1, 0.15) is 24.3 Å². The highest BCUT2D eigenvalue weighted by Crippen LogP contribution is 2.24. The average Bonchev–Trinajstić information content (AvgIpc) is 2.99. The molecule has 0 aromatic carbocycles. The Morgan fingerprint density at radius 2 is 2.22 bits per heavy atom. The van der Waals surface area contributed by atoms with Crippen LogP contribution < -0.4 is 5.32 Å².